The molecule has 5 rings (SSSR count). The summed E-state index contributed by atoms with van der Waals surface area (Å²) < 4.78 is 0. The zero-order valence-electron chi connectivity index (χ0n) is 17.6. The molecule has 2 aromatic carbocycles. The van der Waals surface area contributed by atoms with Gasteiger partial charge in [0.05, 0.1) is 16.8 Å². The lowest BCUT2D eigenvalue weighted by atomic mass is 9.88. The van der Waals surface area contributed by atoms with Gasteiger partial charge in [0.25, 0.3) is 5.91 Å². The van der Waals surface area contributed by atoms with Crippen LogP contribution in [0.25, 0.3) is 22.2 Å². The maximum absolute atomic E-state index is 13.5. The maximum Gasteiger partial charge on any atom is 0.254 e. The van der Waals surface area contributed by atoms with E-state index in [0.29, 0.717) is 31.5 Å². The monoisotopic (exact) mass is 421 g/mol. The van der Waals surface area contributed by atoms with E-state index in [4.69, 9.17) is 4.98 Å². The zero-order valence-corrected chi connectivity index (χ0v) is 17.6. The van der Waals surface area contributed by atoms with Gasteiger partial charge < -0.3 is 4.90 Å². The fraction of sp³-hybridized carbons (Fsp3) is 0.185. The number of hydrogen-bond acceptors (Lipinski definition) is 4. The summed E-state index contributed by atoms with van der Waals surface area (Å²) in [5.41, 5.74) is 3.87. The van der Waals surface area contributed by atoms with Gasteiger partial charge in [-0.25, -0.2) is 4.98 Å². The first kappa shape index (κ1) is 20.1. The molecule has 0 aliphatic carbocycles. The molecule has 3 heterocycles. The van der Waals surface area contributed by atoms with E-state index < -0.39 is 0 Å². The van der Waals surface area contributed by atoms with Gasteiger partial charge in [-0.3, -0.25) is 14.6 Å². The fourth-order valence-electron chi connectivity index (χ4n) is 4.38. The van der Waals surface area contributed by atoms with Gasteiger partial charge in [0.15, 0.2) is 5.78 Å². The van der Waals surface area contributed by atoms with E-state index in [1.54, 1.807) is 12.4 Å². The highest BCUT2D eigenvalue weighted by molar-refractivity contribution is 6.07. The number of Topliss-reactive ketones (excluding diaryl/α,β-unsaturated/α-hetero) is 1. The number of aromatic nitrogens is 2. The fourth-order valence-corrected chi connectivity index (χ4v) is 4.38. The van der Waals surface area contributed by atoms with Gasteiger partial charge in [0.2, 0.25) is 0 Å². The Morgan fingerprint density at radius 3 is 2.28 bits per heavy atom. The molecular formula is C27H23N3O2. The van der Waals surface area contributed by atoms with Crippen LogP contribution in [0.15, 0.2) is 85.2 Å². The predicted molar refractivity (Wildman–Crippen MR) is 124 cm³/mol. The second kappa shape index (κ2) is 8.71. The number of pyridine rings is 2. The van der Waals surface area contributed by atoms with E-state index in [1.807, 2.05) is 77.7 Å². The van der Waals surface area contributed by atoms with E-state index in [0.717, 1.165) is 27.7 Å². The Balaban J connectivity index is 1.40. The number of carbonyl (C=O) groups excluding carboxylic acids is 2. The average molecular weight is 422 g/mol. The number of hydrogen-bond donors (Lipinski definition) is 0. The number of ketones is 1. The van der Waals surface area contributed by atoms with Crippen LogP contribution < -0.4 is 0 Å². The minimum atomic E-state index is -0.0389. The number of benzene rings is 2. The summed E-state index contributed by atoms with van der Waals surface area (Å²) >= 11 is 0. The van der Waals surface area contributed by atoms with Crippen LogP contribution in [-0.2, 0) is 0 Å². The van der Waals surface area contributed by atoms with E-state index in [2.05, 4.69) is 4.98 Å². The smallest absolute Gasteiger partial charge is 0.254 e. The third-order valence-corrected chi connectivity index (χ3v) is 6.13. The first-order valence-electron chi connectivity index (χ1n) is 10.9. The van der Waals surface area contributed by atoms with Gasteiger partial charge >= 0.3 is 0 Å². The van der Waals surface area contributed by atoms with Crippen LogP contribution in [-0.4, -0.2) is 39.6 Å². The summed E-state index contributed by atoms with van der Waals surface area (Å²) in [6, 6.07) is 22.8. The van der Waals surface area contributed by atoms with Gasteiger partial charge in [0, 0.05) is 47.9 Å². The third kappa shape index (κ3) is 3.89. The lowest BCUT2D eigenvalue weighted by molar-refractivity contribution is 0.0652. The topological polar surface area (TPSA) is 63.2 Å². The van der Waals surface area contributed by atoms with E-state index in [9.17, 15) is 9.59 Å². The van der Waals surface area contributed by atoms with Crippen molar-refractivity contribution >= 4 is 22.6 Å². The predicted octanol–water partition coefficient (Wildman–Crippen LogP) is 5.03. The molecule has 0 unspecified atom stereocenters. The van der Waals surface area contributed by atoms with Crippen molar-refractivity contribution in [2.45, 2.75) is 12.8 Å². The molecule has 5 nitrogen and oxygen atoms in total. The number of para-hydroxylation sites is 1. The Bertz CT molecular complexity index is 1260. The summed E-state index contributed by atoms with van der Waals surface area (Å²) in [6.07, 6.45) is 4.81. The highest BCUT2D eigenvalue weighted by Crippen LogP contribution is 2.28. The summed E-state index contributed by atoms with van der Waals surface area (Å²) in [5, 5.41) is 0.845. The van der Waals surface area contributed by atoms with Gasteiger partial charge in [0.1, 0.15) is 0 Å². The van der Waals surface area contributed by atoms with Crippen LogP contribution in [0, 0.1) is 5.92 Å². The molecule has 2 aromatic heterocycles. The second-order valence-electron chi connectivity index (χ2n) is 8.10. The summed E-state index contributed by atoms with van der Waals surface area (Å²) in [7, 11) is 0. The number of likely N-dealkylation sites (tertiary alicyclic amines) is 1. The molecule has 0 saturated carbocycles. The quantitative estimate of drug-likeness (QED) is 0.434. The lowest BCUT2D eigenvalue weighted by Gasteiger charge is -2.31. The van der Waals surface area contributed by atoms with Crippen molar-refractivity contribution in [3.63, 3.8) is 0 Å². The molecule has 1 aliphatic heterocycles. The van der Waals surface area contributed by atoms with Crippen LogP contribution in [0.4, 0.5) is 0 Å². The van der Waals surface area contributed by atoms with Crippen LogP contribution in [0.3, 0.4) is 0 Å². The molecule has 1 fully saturated rings. The van der Waals surface area contributed by atoms with Gasteiger partial charge in [-0.2, -0.15) is 0 Å². The lowest BCUT2D eigenvalue weighted by Crippen LogP contribution is -2.40. The summed E-state index contributed by atoms with van der Waals surface area (Å²) in [5.74, 6) is 0.125. The molecule has 0 spiro atoms. The van der Waals surface area contributed by atoms with E-state index in [-0.39, 0.29) is 17.6 Å². The number of carbonyl (C=O) groups is 2. The molecule has 0 bridgehead atoms. The van der Waals surface area contributed by atoms with Crippen LogP contribution in [0.1, 0.15) is 33.6 Å². The minimum absolute atomic E-state index is 0.00971. The van der Waals surface area contributed by atoms with E-state index >= 15 is 0 Å². The summed E-state index contributed by atoms with van der Waals surface area (Å²) in [4.78, 5) is 37.1. The SMILES string of the molecule is O=C(c1ccccc1)C1CCN(C(=O)c2cc(-c3ccncc3)nc3ccccc23)CC1. The molecule has 0 atom stereocenters. The molecule has 0 N–H and O–H groups in total. The maximum atomic E-state index is 13.5. The number of amides is 1. The molecule has 4 aromatic rings. The number of piperidine rings is 1. The van der Waals surface area contributed by atoms with Crippen molar-refractivity contribution in [2.24, 2.45) is 5.92 Å². The van der Waals surface area contributed by atoms with Crippen molar-refractivity contribution in [1.29, 1.82) is 0 Å². The Labute approximate surface area is 186 Å². The minimum Gasteiger partial charge on any atom is -0.339 e. The molecular weight excluding hydrogens is 398 g/mol. The van der Waals surface area contributed by atoms with Crippen molar-refractivity contribution < 1.29 is 9.59 Å². The largest absolute Gasteiger partial charge is 0.339 e. The van der Waals surface area contributed by atoms with Crippen molar-refractivity contribution in [1.82, 2.24) is 14.9 Å². The summed E-state index contributed by atoms with van der Waals surface area (Å²) in [6.45, 7) is 1.15. The zero-order chi connectivity index (χ0) is 21.9. The third-order valence-electron chi connectivity index (χ3n) is 6.13. The van der Waals surface area contributed by atoms with Crippen LogP contribution in [0.5, 0.6) is 0 Å². The number of nitrogens with zero attached hydrogens (tertiary/aromatic N) is 3. The Morgan fingerprint density at radius 2 is 1.53 bits per heavy atom. The molecule has 1 saturated heterocycles. The van der Waals surface area contributed by atoms with Gasteiger partial charge in [-0.05, 0) is 37.1 Å². The second-order valence-corrected chi connectivity index (χ2v) is 8.10. The van der Waals surface area contributed by atoms with Gasteiger partial charge in [-0.15, -0.1) is 0 Å². The van der Waals surface area contributed by atoms with Gasteiger partial charge in [-0.1, -0.05) is 48.5 Å². The molecule has 1 amide bonds. The molecule has 0 radical (unpaired) electrons. The Morgan fingerprint density at radius 1 is 0.844 bits per heavy atom. The van der Waals surface area contributed by atoms with Crippen molar-refractivity contribution in [2.75, 3.05) is 13.1 Å². The highest BCUT2D eigenvalue weighted by atomic mass is 16.2. The normalized spacial score (nSPS) is 14.4. The van der Waals surface area contributed by atoms with Crippen LogP contribution in [0.2, 0.25) is 0 Å². The molecule has 5 heteroatoms. The first-order valence-corrected chi connectivity index (χ1v) is 10.9. The Hall–Kier alpha value is -3.86. The Kier molecular flexibility index (Phi) is 5.46. The molecule has 1 aliphatic rings. The standard InChI is InChI=1S/C27H23N3O2/c31-26(20-6-2-1-3-7-20)21-12-16-30(17-13-21)27(32)23-18-25(19-10-14-28-15-11-19)29-24-9-5-4-8-22(23)24/h1-11,14-15,18,21H,12-13,16-17H2. The van der Waals surface area contributed by atoms with E-state index in [1.165, 1.54) is 0 Å². The average Bonchev–Trinajstić information content (AvgIpc) is 2.88. The molecule has 158 valence electrons. The number of rotatable bonds is 4. The van der Waals surface area contributed by atoms with Crippen LogP contribution >= 0.6 is 0 Å². The highest BCUT2D eigenvalue weighted by Gasteiger charge is 2.29. The number of fused-ring (bicyclic) bond motifs is 1. The van der Waals surface area contributed by atoms with Crippen molar-refractivity contribution in [3.8, 4) is 11.3 Å². The molecule has 32 heavy (non-hydrogen) atoms. The van der Waals surface area contributed by atoms with Crippen molar-refractivity contribution in [3.05, 3.63) is 96.3 Å². The first-order chi connectivity index (χ1) is 15.7.